The summed E-state index contributed by atoms with van der Waals surface area (Å²) in [6, 6.07) is 3.94. The fourth-order valence-corrected chi connectivity index (χ4v) is 1.52. The highest BCUT2D eigenvalue weighted by atomic mass is 16.3. The van der Waals surface area contributed by atoms with Crippen LogP contribution in [0.25, 0.3) is 0 Å². The zero-order valence-electron chi connectivity index (χ0n) is 9.39. The van der Waals surface area contributed by atoms with E-state index in [0.29, 0.717) is 0 Å². The molecule has 0 heterocycles. The minimum Gasteiger partial charge on any atom is -0.398 e. The molecule has 0 aliphatic carbocycles. The summed E-state index contributed by atoms with van der Waals surface area (Å²) in [6.07, 6.45) is 0.899. The van der Waals surface area contributed by atoms with E-state index in [9.17, 15) is 5.11 Å². The van der Waals surface area contributed by atoms with Crippen LogP contribution in [0.1, 0.15) is 37.5 Å². The molecular weight excluding hydrogens is 174 g/mol. The van der Waals surface area contributed by atoms with Crippen molar-refractivity contribution in [3.8, 4) is 0 Å². The largest absolute Gasteiger partial charge is 0.398 e. The van der Waals surface area contributed by atoms with Crippen LogP contribution in [0.5, 0.6) is 0 Å². The number of aliphatic hydroxyl groups is 1. The van der Waals surface area contributed by atoms with Gasteiger partial charge in [-0.15, -0.1) is 0 Å². The number of hydrogen-bond donors (Lipinski definition) is 2. The fourth-order valence-electron chi connectivity index (χ4n) is 1.52. The molecule has 0 aliphatic heterocycles. The Balaban J connectivity index is 3.30. The van der Waals surface area contributed by atoms with Crippen molar-refractivity contribution < 1.29 is 5.11 Å². The molecule has 3 N–H and O–H groups in total. The Kier molecular flexibility index (Phi) is 2.86. The fraction of sp³-hybridized carbons (Fsp3) is 0.500. The summed E-state index contributed by atoms with van der Waals surface area (Å²) < 4.78 is 0. The summed E-state index contributed by atoms with van der Waals surface area (Å²) in [5, 5.41) is 9.88. The number of aryl methyl sites for hydroxylation is 2. The Morgan fingerprint density at radius 2 is 1.93 bits per heavy atom. The zero-order valence-corrected chi connectivity index (χ0v) is 9.39. The first-order valence-corrected chi connectivity index (χ1v) is 4.98. The molecule has 1 aromatic carbocycles. The van der Waals surface area contributed by atoms with E-state index in [2.05, 4.69) is 6.92 Å². The standard InChI is InChI=1S/C12H19NO/c1-5-9-7-10(12(3,4)14)6-8(2)11(9)13/h6-7,14H,5,13H2,1-4H3. The van der Waals surface area contributed by atoms with Crippen LogP contribution in [0.15, 0.2) is 12.1 Å². The van der Waals surface area contributed by atoms with E-state index in [-0.39, 0.29) is 0 Å². The van der Waals surface area contributed by atoms with Crippen LogP contribution in [-0.4, -0.2) is 5.11 Å². The number of benzene rings is 1. The van der Waals surface area contributed by atoms with Gasteiger partial charge in [0.2, 0.25) is 0 Å². The van der Waals surface area contributed by atoms with Crippen molar-refractivity contribution in [1.82, 2.24) is 0 Å². The van der Waals surface area contributed by atoms with Crippen LogP contribution in [0, 0.1) is 6.92 Å². The average Bonchev–Trinajstić information content (AvgIpc) is 2.07. The Morgan fingerprint density at radius 3 is 2.36 bits per heavy atom. The van der Waals surface area contributed by atoms with Gasteiger partial charge in [-0.25, -0.2) is 0 Å². The van der Waals surface area contributed by atoms with Crippen LogP contribution < -0.4 is 5.73 Å². The van der Waals surface area contributed by atoms with Gasteiger partial charge >= 0.3 is 0 Å². The zero-order chi connectivity index (χ0) is 10.9. The second-order valence-corrected chi connectivity index (χ2v) is 4.28. The van der Waals surface area contributed by atoms with E-state index in [1.54, 1.807) is 13.8 Å². The molecule has 0 amide bonds. The number of anilines is 1. The molecule has 0 fully saturated rings. The monoisotopic (exact) mass is 193 g/mol. The lowest BCUT2D eigenvalue weighted by Gasteiger charge is -2.20. The third kappa shape index (κ3) is 2.07. The lowest BCUT2D eigenvalue weighted by Crippen LogP contribution is -2.16. The maximum absolute atomic E-state index is 9.88. The smallest absolute Gasteiger partial charge is 0.0840 e. The van der Waals surface area contributed by atoms with Gasteiger partial charge in [-0.1, -0.05) is 19.1 Å². The third-order valence-corrected chi connectivity index (χ3v) is 2.56. The number of hydrogen-bond acceptors (Lipinski definition) is 2. The summed E-state index contributed by atoms with van der Waals surface area (Å²) in [6.45, 7) is 7.62. The van der Waals surface area contributed by atoms with Gasteiger partial charge in [-0.2, -0.15) is 0 Å². The van der Waals surface area contributed by atoms with Gasteiger partial charge < -0.3 is 10.8 Å². The van der Waals surface area contributed by atoms with Gasteiger partial charge in [0.05, 0.1) is 5.60 Å². The van der Waals surface area contributed by atoms with Crippen LogP contribution >= 0.6 is 0 Å². The van der Waals surface area contributed by atoms with E-state index in [4.69, 9.17) is 5.73 Å². The molecule has 0 bridgehead atoms. The first-order chi connectivity index (χ1) is 6.36. The molecule has 1 aromatic rings. The quantitative estimate of drug-likeness (QED) is 0.708. The molecule has 0 aromatic heterocycles. The van der Waals surface area contributed by atoms with Gasteiger partial charge in [-0.3, -0.25) is 0 Å². The SMILES string of the molecule is CCc1cc(C(C)(C)O)cc(C)c1N. The normalized spacial score (nSPS) is 11.8. The molecular formula is C12H19NO. The van der Waals surface area contributed by atoms with Crippen LogP contribution in [-0.2, 0) is 12.0 Å². The maximum atomic E-state index is 9.88. The number of rotatable bonds is 2. The first-order valence-electron chi connectivity index (χ1n) is 4.98. The molecule has 0 saturated carbocycles. The summed E-state index contributed by atoms with van der Waals surface area (Å²) in [5.74, 6) is 0. The van der Waals surface area contributed by atoms with Crippen molar-refractivity contribution in [3.63, 3.8) is 0 Å². The maximum Gasteiger partial charge on any atom is 0.0840 e. The van der Waals surface area contributed by atoms with Crippen molar-refractivity contribution >= 4 is 5.69 Å². The van der Waals surface area contributed by atoms with E-state index in [1.807, 2.05) is 19.1 Å². The molecule has 14 heavy (non-hydrogen) atoms. The Morgan fingerprint density at radius 1 is 1.36 bits per heavy atom. The lowest BCUT2D eigenvalue weighted by atomic mass is 9.92. The Hall–Kier alpha value is -1.02. The van der Waals surface area contributed by atoms with Gasteiger partial charge in [-0.05, 0) is 43.9 Å². The van der Waals surface area contributed by atoms with Crippen molar-refractivity contribution in [3.05, 3.63) is 28.8 Å². The van der Waals surface area contributed by atoms with E-state index < -0.39 is 5.60 Å². The van der Waals surface area contributed by atoms with Crippen molar-refractivity contribution in [1.29, 1.82) is 0 Å². The second kappa shape index (κ2) is 3.62. The van der Waals surface area contributed by atoms with Crippen molar-refractivity contribution in [2.75, 3.05) is 5.73 Å². The molecule has 0 atom stereocenters. The number of nitrogen functional groups attached to an aromatic ring is 1. The van der Waals surface area contributed by atoms with E-state index in [1.165, 1.54) is 0 Å². The molecule has 0 radical (unpaired) electrons. The Labute approximate surface area is 85.8 Å². The van der Waals surface area contributed by atoms with Gasteiger partial charge in [0, 0.05) is 5.69 Å². The number of nitrogens with two attached hydrogens (primary N) is 1. The lowest BCUT2D eigenvalue weighted by molar-refractivity contribution is 0.0785. The highest BCUT2D eigenvalue weighted by Crippen LogP contribution is 2.27. The summed E-state index contributed by atoms with van der Waals surface area (Å²) in [7, 11) is 0. The highest BCUT2D eigenvalue weighted by Gasteiger charge is 2.17. The van der Waals surface area contributed by atoms with Gasteiger partial charge in [0.1, 0.15) is 0 Å². The molecule has 78 valence electrons. The molecule has 0 unspecified atom stereocenters. The van der Waals surface area contributed by atoms with Crippen LogP contribution in [0.4, 0.5) is 5.69 Å². The topological polar surface area (TPSA) is 46.2 Å². The van der Waals surface area contributed by atoms with Crippen LogP contribution in [0.3, 0.4) is 0 Å². The summed E-state index contributed by atoms with van der Waals surface area (Å²) in [5.41, 5.74) is 9.07. The molecule has 2 nitrogen and oxygen atoms in total. The second-order valence-electron chi connectivity index (χ2n) is 4.28. The molecule has 1 rings (SSSR count). The predicted octanol–water partition coefficient (Wildman–Crippen LogP) is 2.37. The highest BCUT2D eigenvalue weighted by molar-refractivity contribution is 5.55. The summed E-state index contributed by atoms with van der Waals surface area (Å²) >= 11 is 0. The third-order valence-electron chi connectivity index (χ3n) is 2.56. The van der Waals surface area contributed by atoms with Crippen molar-refractivity contribution in [2.45, 2.75) is 39.7 Å². The van der Waals surface area contributed by atoms with Crippen LogP contribution in [0.2, 0.25) is 0 Å². The molecule has 2 heteroatoms. The summed E-state index contributed by atoms with van der Waals surface area (Å²) in [4.78, 5) is 0. The minimum absolute atomic E-state index is 0.789. The van der Waals surface area contributed by atoms with Crippen molar-refractivity contribution in [2.24, 2.45) is 0 Å². The Bertz CT molecular complexity index is 337. The molecule has 0 spiro atoms. The minimum atomic E-state index is -0.789. The predicted molar refractivity (Wildman–Crippen MR) is 60.2 cm³/mol. The average molecular weight is 193 g/mol. The van der Waals surface area contributed by atoms with E-state index >= 15 is 0 Å². The molecule has 0 aliphatic rings. The first kappa shape index (κ1) is 11.1. The molecule has 0 saturated heterocycles. The van der Waals surface area contributed by atoms with Gasteiger partial charge in [0.15, 0.2) is 0 Å². The van der Waals surface area contributed by atoms with E-state index in [0.717, 1.165) is 28.8 Å². The van der Waals surface area contributed by atoms with Gasteiger partial charge in [0.25, 0.3) is 0 Å².